The predicted molar refractivity (Wildman–Crippen MR) is 117 cm³/mol. The molecule has 8 heteroatoms. The highest BCUT2D eigenvalue weighted by Crippen LogP contribution is 2.25. The normalized spacial score (nSPS) is 11.2. The van der Waals surface area contributed by atoms with E-state index in [4.69, 9.17) is 4.74 Å². The summed E-state index contributed by atoms with van der Waals surface area (Å²) in [5, 5.41) is 3.19. The average molecular weight is 420 g/mol. The maximum atomic E-state index is 12.9. The fraction of sp³-hybridized carbons (Fsp3) is 0.0909. The van der Waals surface area contributed by atoms with Gasteiger partial charge in [-0.3, -0.25) is 4.72 Å². The van der Waals surface area contributed by atoms with Gasteiger partial charge in [-0.25, -0.2) is 18.4 Å². The van der Waals surface area contributed by atoms with E-state index >= 15 is 0 Å². The molecule has 0 aliphatic rings. The summed E-state index contributed by atoms with van der Waals surface area (Å²) in [5.41, 5.74) is 2.30. The Morgan fingerprint density at radius 2 is 1.40 bits per heavy atom. The molecule has 7 nitrogen and oxygen atoms in total. The van der Waals surface area contributed by atoms with Crippen LogP contribution in [0.5, 0.6) is 5.75 Å². The van der Waals surface area contributed by atoms with Gasteiger partial charge >= 0.3 is 0 Å². The van der Waals surface area contributed by atoms with Crippen LogP contribution in [0, 0.1) is 0 Å². The van der Waals surface area contributed by atoms with Crippen molar-refractivity contribution in [3.8, 4) is 5.75 Å². The Kier molecular flexibility index (Phi) is 5.49. The molecule has 1 heterocycles. The number of benzene rings is 3. The second-order valence-corrected chi connectivity index (χ2v) is 8.21. The van der Waals surface area contributed by atoms with Crippen LogP contribution in [0.1, 0.15) is 5.56 Å². The quantitative estimate of drug-likeness (QED) is 0.469. The fourth-order valence-corrected chi connectivity index (χ4v) is 3.93. The van der Waals surface area contributed by atoms with Gasteiger partial charge in [0.1, 0.15) is 5.75 Å². The molecule has 0 atom stereocenters. The zero-order chi connectivity index (χ0) is 21.0. The van der Waals surface area contributed by atoms with Gasteiger partial charge in [0.25, 0.3) is 10.0 Å². The van der Waals surface area contributed by atoms with Crippen molar-refractivity contribution in [2.45, 2.75) is 11.4 Å². The third kappa shape index (κ3) is 4.33. The molecule has 0 aliphatic carbocycles. The zero-order valence-electron chi connectivity index (χ0n) is 16.2. The SMILES string of the molecule is COc1ccc(S(=O)(=O)Nc2nc3ccccc3nc2NCc2ccccc2)cc1. The third-order valence-corrected chi connectivity index (χ3v) is 5.83. The molecule has 4 aromatic rings. The second-order valence-electron chi connectivity index (χ2n) is 6.53. The van der Waals surface area contributed by atoms with Crippen LogP contribution in [0.2, 0.25) is 0 Å². The number of nitrogens with one attached hydrogen (secondary N) is 2. The smallest absolute Gasteiger partial charge is 0.263 e. The molecule has 4 rings (SSSR count). The lowest BCUT2D eigenvalue weighted by Gasteiger charge is -2.14. The van der Waals surface area contributed by atoms with Crippen molar-refractivity contribution in [1.29, 1.82) is 0 Å². The Morgan fingerprint density at radius 3 is 2.03 bits per heavy atom. The fourth-order valence-electron chi connectivity index (χ4n) is 2.92. The summed E-state index contributed by atoms with van der Waals surface area (Å²) in [6, 6.07) is 23.2. The molecule has 0 radical (unpaired) electrons. The Balaban J connectivity index is 1.68. The van der Waals surface area contributed by atoms with E-state index in [-0.39, 0.29) is 10.7 Å². The van der Waals surface area contributed by atoms with Gasteiger partial charge in [-0.05, 0) is 42.0 Å². The van der Waals surface area contributed by atoms with E-state index in [9.17, 15) is 8.42 Å². The summed E-state index contributed by atoms with van der Waals surface area (Å²) in [6.45, 7) is 0.477. The van der Waals surface area contributed by atoms with Gasteiger partial charge in [-0.15, -0.1) is 0 Å². The molecular weight excluding hydrogens is 400 g/mol. The third-order valence-electron chi connectivity index (χ3n) is 4.47. The summed E-state index contributed by atoms with van der Waals surface area (Å²) in [5.74, 6) is 1.07. The van der Waals surface area contributed by atoms with Gasteiger partial charge in [0.15, 0.2) is 11.6 Å². The molecule has 3 aromatic carbocycles. The van der Waals surface area contributed by atoms with Crippen LogP contribution >= 0.6 is 0 Å². The van der Waals surface area contributed by atoms with E-state index in [1.54, 1.807) is 18.2 Å². The topological polar surface area (TPSA) is 93.2 Å². The van der Waals surface area contributed by atoms with E-state index in [2.05, 4.69) is 20.0 Å². The van der Waals surface area contributed by atoms with Crippen molar-refractivity contribution < 1.29 is 13.2 Å². The number of hydrogen-bond acceptors (Lipinski definition) is 6. The first-order valence-electron chi connectivity index (χ1n) is 9.26. The second kappa shape index (κ2) is 8.38. The van der Waals surface area contributed by atoms with Gasteiger partial charge in [-0.2, -0.15) is 0 Å². The molecule has 0 spiro atoms. The van der Waals surface area contributed by atoms with Crippen molar-refractivity contribution >= 4 is 32.7 Å². The molecule has 2 N–H and O–H groups in total. The van der Waals surface area contributed by atoms with Crippen LogP contribution in [0.15, 0.2) is 83.8 Å². The van der Waals surface area contributed by atoms with Crippen LogP contribution < -0.4 is 14.8 Å². The predicted octanol–water partition coefficient (Wildman–Crippen LogP) is 4.05. The number of fused-ring (bicyclic) bond motifs is 1. The number of nitrogens with zero attached hydrogens (tertiary/aromatic N) is 2. The van der Waals surface area contributed by atoms with E-state index < -0.39 is 10.0 Å². The first-order chi connectivity index (χ1) is 14.5. The largest absolute Gasteiger partial charge is 0.497 e. The molecule has 30 heavy (non-hydrogen) atoms. The van der Waals surface area contributed by atoms with Crippen LogP contribution in [-0.2, 0) is 16.6 Å². The molecule has 0 bridgehead atoms. The maximum absolute atomic E-state index is 12.9. The van der Waals surface area contributed by atoms with Gasteiger partial charge in [0, 0.05) is 6.54 Å². The number of methoxy groups -OCH3 is 1. The summed E-state index contributed by atoms with van der Waals surface area (Å²) in [7, 11) is -2.34. The minimum absolute atomic E-state index is 0.104. The molecule has 152 valence electrons. The molecular formula is C22H20N4O3S. The molecule has 0 fully saturated rings. The minimum atomic E-state index is -3.86. The van der Waals surface area contributed by atoms with Crippen molar-refractivity contribution in [3.05, 3.63) is 84.4 Å². The lowest BCUT2D eigenvalue weighted by Crippen LogP contribution is -2.16. The van der Waals surface area contributed by atoms with Crippen molar-refractivity contribution in [1.82, 2.24) is 9.97 Å². The van der Waals surface area contributed by atoms with E-state index in [1.165, 1.54) is 19.2 Å². The molecule has 0 aliphatic heterocycles. The number of sulfonamides is 1. The van der Waals surface area contributed by atoms with Crippen LogP contribution in [-0.4, -0.2) is 25.5 Å². The number of hydrogen-bond donors (Lipinski definition) is 2. The number of para-hydroxylation sites is 2. The lowest BCUT2D eigenvalue weighted by molar-refractivity contribution is 0.414. The van der Waals surface area contributed by atoms with Gasteiger partial charge in [0.2, 0.25) is 0 Å². The number of aromatic nitrogens is 2. The summed E-state index contributed by atoms with van der Waals surface area (Å²) >= 11 is 0. The standard InChI is InChI=1S/C22H20N4O3S/c1-29-17-11-13-18(14-12-17)30(27,28)26-22-21(23-15-16-7-3-2-4-8-16)24-19-9-5-6-10-20(19)25-22/h2-14H,15H2,1H3,(H,23,24)(H,25,26). The van der Waals surface area contributed by atoms with Crippen LogP contribution in [0.3, 0.4) is 0 Å². The van der Waals surface area contributed by atoms with Crippen molar-refractivity contribution in [2.24, 2.45) is 0 Å². The molecule has 0 saturated heterocycles. The molecule has 0 saturated carbocycles. The Labute approximate surface area is 174 Å². The van der Waals surface area contributed by atoms with Gasteiger partial charge < -0.3 is 10.1 Å². The van der Waals surface area contributed by atoms with Gasteiger partial charge in [-0.1, -0.05) is 42.5 Å². The highest BCUT2D eigenvalue weighted by Gasteiger charge is 2.19. The minimum Gasteiger partial charge on any atom is -0.497 e. The summed E-state index contributed by atoms with van der Waals surface area (Å²) in [6.07, 6.45) is 0. The zero-order valence-corrected chi connectivity index (χ0v) is 17.1. The van der Waals surface area contributed by atoms with Gasteiger partial charge in [0.05, 0.1) is 23.0 Å². The molecule has 0 amide bonds. The summed E-state index contributed by atoms with van der Waals surface area (Å²) < 4.78 is 33.5. The first kappa shape index (κ1) is 19.7. The van der Waals surface area contributed by atoms with Crippen LogP contribution in [0.25, 0.3) is 11.0 Å². The molecule has 0 unspecified atom stereocenters. The van der Waals surface area contributed by atoms with Crippen LogP contribution in [0.4, 0.5) is 11.6 Å². The number of ether oxygens (including phenoxy) is 1. The number of anilines is 2. The van der Waals surface area contributed by atoms with E-state index in [0.717, 1.165) is 5.56 Å². The van der Waals surface area contributed by atoms with Crippen molar-refractivity contribution in [2.75, 3.05) is 17.1 Å². The maximum Gasteiger partial charge on any atom is 0.263 e. The number of rotatable bonds is 7. The molecule has 1 aromatic heterocycles. The Hall–Kier alpha value is -3.65. The first-order valence-corrected chi connectivity index (χ1v) is 10.7. The lowest BCUT2D eigenvalue weighted by atomic mass is 10.2. The summed E-state index contributed by atoms with van der Waals surface area (Å²) in [4.78, 5) is 9.17. The van der Waals surface area contributed by atoms with Crippen molar-refractivity contribution in [3.63, 3.8) is 0 Å². The van der Waals surface area contributed by atoms with E-state index in [1.807, 2.05) is 48.5 Å². The Morgan fingerprint density at radius 1 is 0.800 bits per heavy atom. The Bertz CT molecular complexity index is 1260. The average Bonchev–Trinajstić information content (AvgIpc) is 2.78. The van der Waals surface area contributed by atoms with E-state index in [0.29, 0.717) is 29.1 Å². The monoisotopic (exact) mass is 420 g/mol. The highest BCUT2D eigenvalue weighted by atomic mass is 32.2. The highest BCUT2D eigenvalue weighted by molar-refractivity contribution is 7.92.